The van der Waals surface area contributed by atoms with Crippen LogP contribution in [0.15, 0.2) is 0 Å². The number of hydrogen-bond donors (Lipinski definition) is 0. The van der Waals surface area contributed by atoms with Crippen LogP contribution in [0.1, 0.15) is 20.8 Å². The van der Waals surface area contributed by atoms with Crippen molar-refractivity contribution in [1.29, 1.82) is 5.26 Å². The Morgan fingerprint density at radius 1 is 1.57 bits per heavy atom. The Bertz CT molecular complexity index is 223. The number of nitrogens with zero attached hydrogens (tertiary/aromatic N) is 2. The lowest BCUT2D eigenvalue weighted by molar-refractivity contribution is -0.136. The number of hydrogen-bond acceptors (Lipinski definition) is 3. The Kier molecular flexibility index (Phi) is 5.89. The molecule has 0 aromatic rings. The molecule has 0 fully saturated rings. The van der Waals surface area contributed by atoms with Crippen molar-refractivity contribution >= 4 is 5.91 Å². The fourth-order valence-electron chi connectivity index (χ4n) is 1.32. The summed E-state index contributed by atoms with van der Waals surface area (Å²) in [7, 11) is 1.60. The minimum atomic E-state index is -0.575. The van der Waals surface area contributed by atoms with Gasteiger partial charge in [0.15, 0.2) is 0 Å². The summed E-state index contributed by atoms with van der Waals surface area (Å²) in [6, 6.07) is 1.97. The Balaban J connectivity index is 4.41. The van der Waals surface area contributed by atoms with E-state index in [9.17, 15) is 4.79 Å². The van der Waals surface area contributed by atoms with Gasteiger partial charge in [0, 0.05) is 13.7 Å². The summed E-state index contributed by atoms with van der Waals surface area (Å²) in [5.41, 5.74) is 0. The number of carbonyl (C=O) groups excluding carboxylic acids is 1. The molecule has 0 aromatic carbocycles. The molecule has 0 radical (unpaired) electrons. The van der Waals surface area contributed by atoms with Gasteiger partial charge in [0.1, 0.15) is 5.92 Å². The molecule has 0 spiro atoms. The van der Waals surface area contributed by atoms with E-state index in [2.05, 4.69) is 0 Å². The molecular weight excluding hydrogens is 180 g/mol. The maximum Gasteiger partial charge on any atom is 0.239 e. The summed E-state index contributed by atoms with van der Waals surface area (Å²) in [5, 5.41) is 8.63. The van der Waals surface area contributed by atoms with Crippen LogP contribution >= 0.6 is 0 Å². The largest absolute Gasteiger partial charge is 0.383 e. The van der Waals surface area contributed by atoms with Crippen LogP contribution in [-0.2, 0) is 9.53 Å². The second-order valence-electron chi connectivity index (χ2n) is 3.28. The first-order valence-electron chi connectivity index (χ1n) is 4.77. The topological polar surface area (TPSA) is 53.3 Å². The van der Waals surface area contributed by atoms with E-state index in [4.69, 9.17) is 10.00 Å². The monoisotopic (exact) mass is 198 g/mol. The van der Waals surface area contributed by atoms with Crippen molar-refractivity contribution in [2.45, 2.75) is 26.8 Å². The molecular formula is C10H18N2O2. The Morgan fingerprint density at radius 2 is 2.14 bits per heavy atom. The molecule has 4 heteroatoms. The van der Waals surface area contributed by atoms with Crippen molar-refractivity contribution in [3.63, 3.8) is 0 Å². The molecule has 0 aliphatic heterocycles. The van der Waals surface area contributed by atoms with Crippen LogP contribution in [0.3, 0.4) is 0 Å². The van der Waals surface area contributed by atoms with Crippen molar-refractivity contribution in [2.75, 3.05) is 20.3 Å². The van der Waals surface area contributed by atoms with Crippen LogP contribution in [0.25, 0.3) is 0 Å². The number of rotatable bonds is 5. The standard InChI is InChI=1S/C10H18N2O2/c1-5-12(9(3)7-14-4)10(13)8(2)6-11/h8-9H,5,7H2,1-4H3. The molecule has 2 unspecified atom stereocenters. The van der Waals surface area contributed by atoms with E-state index in [1.165, 1.54) is 0 Å². The molecule has 0 aliphatic carbocycles. The number of nitriles is 1. The summed E-state index contributed by atoms with van der Waals surface area (Å²) < 4.78 is 4.97. The second-order valence-corrected chi connectivity index (χ2v) is 3.28. The first-order valence-corrected chi connectivity index (χ1v) is 4.77. The predicted molar refractivity (Wildman–Crippen MR) is 53.5 cm³/mol. The molecule has 0 saturated carbocycles. The normalized spacial score (nSPS) is 14.2. The van der Waals surface area contributed by atoms with Crippen molar-refractivity contribution < 1.29 is 9.53 Å². The van der Waals surface area contributed by atoms with Gasteiger partial charge in [-0.1, -0.05) is 0 Å². The highest BCUT2D eigenvalue weighted by molar-refractivity contribution is 5.81. The maximum absolute atomic E-state index is 11.7. The zero-order valence-corrected chi connectivity index (χ0v) is 9.28. The third-order valence-corrected chi connectivity index (χ3v) is 2.13. The number of likely N-dealkylation sites (N-methyl/N-ethyl adjacent to an activating group) is 1. The molecule has 0 aromatic heterocycles. The number of amides is 1. The quantitative estimate of drug-likeness (QED) is 0.663. The van der Waals surface area contributed by atoms with E-state index in [1.807, 2.05) is 19.9 Å². The van der Waals surface area contributed by atoms with Crippen LogP contribution in [0.5, 0.6) is 0 Å². The van der Waals surface area contributed by atoms with Gasteiger partial charge in [-0.3, -0.25) is 4.79 Å². The molecule has 14 heavy (non-hydrogen) atoms. The average Bonchev–Trinajstić information content (AvgIpc) is 2.18. The van der Waals surface area contributed by atoms with Crippen LogP contribution in [0, 0.1) is 17.2 Å². The third kappa shape index (κ3) is 3.35. The molecule has 0 heterocycles. The predicted octanol–water partition coefficient (Wildman–Crippen LogP) is 1.03. The van der Waals surface area contributed by atoms with E-state index < -0.39 is 5.92 Å². The minimum absolute atomic E-state index is 0.0216. The van der Waals surface area contributed by atoms with Gasteiger partial charge in [0.2, 0.25) is 5.91 Å². The first kappa shape index (κ1) is 12.9. The van der Waals surface area contributed by atoms with Crippen LogP contribution < -0.4 is 0 Å². The Morgan fingerprint density at radius 3 is 2.50 bits per heavy atom. The molecule has 1 amide bonds. The summed E-state index contributed by atoms with van der Waals surface area (Å²) in [6.07, 6.45) is 0. The minimum Gasteiger partial charge on any atom is -0.383 e. The summed E-state index contributed by atoms with van der Waals surface area (Å²) >= 11 is 0. The van der Waals surface area contributed by atoms with E-state index in [0.29, 0.717) is 13.2 Å². The third-order valence-electron chi connectivity index (χ3n) is 2.13. The van der Waals surface area contributed by atoms with E-state index in [-0.39, 0.29) is 11.9 Å². The SMILES string of the molecule is CCN(C(=O)C(C)C#N)C(C)COC. The molecule has 0 rings (SSSR count). The molecule has 4 nitrogen and oxygen atoms in total. The smallest absolute Gasteiger partial charge is 0.239 e. The van der Waals surface area contributed by atoms with Gasteiger partial charge in [-0.2, -0.15) is 5.26 Å². The van der Waals surface area contributed by atoms with Gasteiger partial charge in [-0.25, -0.2) is 0 Å². The zero-order valence-electron chi connectivity index (χ0n) is 9.28. The second kappa shape index (κ2) is 6.39. The first-order chi connectivity index (χ1) is 6.58. The van der Waals surface area contributed by atoms with Gasteiger partial charge in [0.05, 0.1) is 18.7 Å². The highest BCUT2D eigenvalue weighted by Crippen LogP contribution is 2.06. The summed E-state index contributed by atoms with van der Waals surface area (Å²) in [5.74, 6) is -0.700. The number of methoxy groups -OCH3 is 1. The Hall–Kier alpha value is -1.08. The fourth-order valence-corrected chi connectivity index (χ4v) is 1.32. The zero-order chi connectivity index (χ0) is 11.1. The van der Waals surface area contributed by atoms with Crippen molar-refractivity contribution in [1.82, 2.24) is 4.90 Å². The molecule has 0 N–H and O–H groups in total. The fraction of sp³-hybridized carbons (Fsp3) is 0.800. The number of ether oxygens (including phenoxy) is 1. The summed E-state index contributed by atoms with van der Waals surface area (Å²) in [4.78, 5) is 13.3. The van der Waals surface area contributed by atoms with Gasteiger partial charge < -0.3 is 9.64 Å². The van der Waals surface area contributed by atoms with Gasteiger partial charge in [0.25, 0.3) is 0 Å². The van der Waals surface area contributed by atoms with Gasteiger partial charge in [-0.05, 0) is 20.8 Å². The lowest BCUT2D eigenvalue weighted by atomic mass is 10.1. The molecule has 80 valence electrons. The van der Waals surface area contributed by atoms with E-state index in [0.717, 1.165) is 0 Å². The van der Waals surface area contributed by atoms with E-state index in [1.54, 1.807) is 18.9 Å². The van der Waals surface area contributed by atoms with Crippen LogP contribution in [-0.4, -0.2) is 37.1 Å². The van der Waals surface area contributed by atoms with E-state index >= 15 is 0 Å². The molecule has 0 bridgehead atoms. The lowest BCUT2D eigenvalue weighted by Crippen LogP contribution is -2.43. The highest BCUT2D eigenvalue weighted by Gasteiger charge is 2.22. The van der Waals surface area contributed by atoms with Gasteiger partial charge in [-0.15, -0.1) is 0 Å². The van der Waals surface area contributed by atoms with Crippen molar-refractivity contribution in [3.8, 4) is 6.07 Å². The Labute approximate surface area is 85.5 Å². The molecule has 2 atom stereocenters. The lowest BCUT2D eigenvalue weighted by Gasteiger charge is -2.28. The van der Waals surface area contributed by atoms with Crippen LogP contribution in [0.4, 0.5) is 0 Å². The van der Waals surface area contributed by atoms with Gasteiger partial charge >= 0.3 is 0 Å². The highest BCUT2D eigenvalue weighted by atomic mass is 16.5. The molecule has 0 saturated heterocycles. The number of carbonyl (C=O) groups is 1. The average molecular weight is 198 g/mol. The summed E-state index contributed by atoms with van der Waals surface area (Å²) in [6.45, 7) is 6.53. The molecule has 0 aliphatic rings. The van der Waals surface area contributed by atoms with Crippen molar-refractivity contribution in [2.24, 2.45) is 5.92 Å². The maximum atomic E-state index is 11.7. The van der Waals surface area contributed by atoms with Crippen LogP contribution in [0.2, 0.25) is 0 Å². The van der Waals surface area contributed by atoms with Crippen molar-refractivity contribution in [3.05, 3.63) is 0 Å².